The van der Waals surface area contributed by atoms with Gasteiger partial charge in [0.25, 0.3) is 0 Å². The third kappa shape index (κ3) is 6.09. The number of sulfonamides is 1. The molecule has 0 unspecified atom stereocenters. The van der Waals surface area contributed by atoms with Gasteiger partial charge in [-0.15, -0.1) is 0 Å². The molecule has 2 aromatic rings. The third-order valence-corrected chi connectivity index (χ3v) is 5.22. The second-order valence-electron chi connectivity index (χ2n) is 5.85. The lowest BCUT2D eigenvalue weighted by Gasteiger charge is -2.08. The van der Waals surface area contributed by atoms with Crippen LogP contribution in [0, 0.1) is 6.92 Å². The molecule has 7 heteroatoms. The summed E-state index contributed by atoms with van der Waals surface area (Å²) in [6.45, 7) is 2.11. The first-order chi connectivity index (χ1) is 12.4. The van der Waals surface area contributed by atoms with Gasteiger partial charge in [0.2, 0.25) is 15.9 Å². The highest BCUT2D eigenvalue weighted by atomic mass is 32.2. The Balaban J connectivity index is 1.70. The molecule has 0 aromatic heterocycles. The molecular weight excluding hydrogens is 352 g/mol. The molecule has 0 bridgehead atoms. The zero-order valence-corrected chi connectivity index (χ0v) is 15.4. The third-order valence-electron chi connectivity index (χ3n) is 3.75. The summed E-state index contributed by atoms with van der Waals surface area (Å²) in [5.74, 6) is -0.385. The molecule has 0 aliphatic heterocycles. The Morgan fingerprint density at radius 1 is 0.885 bits per heavy atom. The van der Waals surface area contributed by atoms with Gasteiger partial charge in [-0.05, 0) is 19.1 Å². The molecule has 0 aliphatic rings. The fourth-order valence-electron chi connectivity index (χ4n) is 2.27. The van der Waals surface area contributed by atoms with E-state index in [1.54, 1.807) is 36.4 Å². The second kappa shape index (κ2) is 9.26. The Morgan fingerprint density at radius 2 is 1.54 bits per heavy atom. The van der Waals surface area contributed by atoms with E-state index in [4.69, 9.17) is 0 Å². The molecule has 0 fully saturated rings. The van der Waals surface area contributed by atoms with Crippen molar-refractivity contribution >= 4 is 21.7 Å². The molecule has 2 rings (SSSR count). The molecule has 0 radical (unpaired) electrons. The summed E-state index contributed by atoms with van der Waals surface area (Å²) in [6, 6.07) is 15.3. The normalized spacial score (nSPS) is 11.1. The molecule has 0 aliphatic carbocycles. The molecule has 2 N–H and O–H groups in total. The van der Waals surface area contributed by atoms with E-state index >= 15 is 0 Å². The maximum Gasteiger partial charge on any atom is 0.240 e. The Kier molecular flexibility index (Phi) is 7.06. The molecule has 0 saturated heterocycles. The molecule has 2 aromatic carbocycles. The number of carbonyl (C=O) groups excluding carboxylic acids is 2. The van der Waals surface area contributed by atoms with Crippen molar-refractivity contribution in [3.8, 4) is 0 Å². The number of ketones is 1. The molecule has 0 spiro atoms. The van der Waals surface area contributed by atoms with Gasteiger partial charge in [-0.2, -0.15) is 0 Å². The monoisotopic (exact) mass is 374 g/mol. The van der Waals surface area contributed by atoms with E-state index in [2.05, 4.69) is 10.0 Å². The minimum Gasteiger partial charge on any atom is -0.355 e. The van der Waals surface area contributed by atoms with Crippen LogP contribution < -0.4 is 10.0 Å². The van der Waals surface area contributed by atoms with E-state index in [1.165, 1.54) is 12.1 Å². The maximum atomic E-state index is 12.1. The average Bonchev–Trinajstić information content (AvgIpc) is 2.64. The second-order valence-corrected chi connectivity index (χ2v) is 7.62. The lowest BCUT2D eigenvalue weighted by Crippen LogP contribution is -2.34. The van der Waals surface area contributed by atoms with E-state index in [-0.39, 0.29) is 42.5 Å². The Hall–Kier alpha value is -2.51. The quantitative estimate of drug-likeness (QED) is 0.519. The van der Waals surface area contributed by atoms with E-state index in [0.29, 0.717) is 5.56 Å². The van der Waals surface area contributed by atoms with Crippen LogP contribution in [0.25, 0.3) is 0 Å². The number of carbonyl (C=O) groups is 2. The van der Waals surface area contributed by atoms with Crippen LogP contribution in [-0.4, -0.2) is 33.2 Å². The van der Waals surface area contributed by atoms with E-state index in [1.807, 2.05) is 13.0 Å². The first kappa shape index (κ1) is 19.8. The lowest BCUT2D eigenvalue weighted by atomic mass is 10.1. The van der Waals surface area contributed by atoms with Crippen LogP contribution in [0.1, 0.15) is 28.8 Å². The highest BCUT2D eigenvalue weighted by Crippen LogP contribution is 2.09. The largest absolute Gasteiger partial charge is 0.355 e. The zero-order valence-electron chi connectivity index (χ0n) is 14.6. The maximum absolute atomic E-state index is 12.1. The molecule has 1 amide bonds. The first-order valence-corrected chi connectivity index (χ1v) is 9.78. The summed E-state index contributed by atoms with van der Waals surface area (Å²) in [7, 11) is -3.59. The van der Waals surface area contributed by atoms with E-state index < -0.39 is 10.0 Å². The summed E-state index contributed by atoms with van der Waals surface area (Å²) >= 11 is 0. The predicted molar refractivity (Wildman–Crippen MR) is 99.4 cm³/mol. The Bertz CT molecular complexity index is 847. The molecule has 26 heavy (non-hydrogen) atoms. The molecule has 6 nitrogen and oxygen atoms in total. The zero-order chi connectivity index (χ0) is 19.0. The van der Waals surface area contributed by atoms with Gasteiger partial charge in [-0.25, -0.2) is 13.1 Å². The number of hydrogen-bond donors (Lipinski definition) is 2. The van der Waals surface area contributed by atoms with Crippen molar-refractivity contribution < 1.29 is 18.0 Å². The van der Waals surface area contributed by atoms with Gasteiger partial charge < -0.3 is 5.32 Å². The van der Waals surface area contributed by atoms with Crippen LogP contribution >= 0.6 is 0 Å². The van der Waals surface area contributed by atoms with Crippen LogP contribution in [0.3, 0.4) is 0 Å². The number of rotatable bonds is 9. The summed E-state index contributed by atoms with van der Waals surface area (Å²) in [5, 5.41) is 2.60. The topological polar surface area (TPSA) is 92.3 Å². The molecule has 0 saturated carbocycles. The predicted octanol–water partition coefficient (Wildman–Crippen LogP) is 2.05. The van der Waals surface area contributed by atoms with Gasteiger partial charge in [-0.3, -0.25) is 9.59 Å². The smallest absolute Gasteiger partial charge is 0.240 e. The molecule has 0 heterocycles. The number of aryl methyl sites for hydroxylation is 1. The van der Waals surface area contributed by atoms with Crippen molar-refractivity contribution in [2.75, 3.05) is 13.1 Å². The number of nitrogens with one attached hydrogen (secondary N) is 2. The van der Waals surface area contributed by atoms with Gasteiger partial charge in [0.1, 0.15) is 0 Å². The van der Waals surface area contributed by atoms with Gasteiger partial charge >= 0.3 is 0 Å². The lowest BCUT2D eigenvalue weighted by molar-refractivity contribution is -0.121. The van der Waals surface area contributed by atoms with Crippen LogP contribution in [0.5, 0.6) is 0 Å². The molecule has 0 atom stereocenters. The minimum absolute atomic E-state index is 0.0679. The van der Waals surface area contributed by atoms with Crippen molar-refractivity contribution in [2.45, 2.75) is 24.7 Å². The van der Waals surface area contributed by atoms with Gasteiger partial charge in [0, 0.05) is 31.5 Å². The summed E-state index contributed by atoms with van der Waals surface area (Å²) in [6.07, 6.45) is 0.184. The highest BCUT2D eigenvalue weighted by molar-refractivity contribution is 7.89. The van der Waals surface area contributed by atoms with E-state index in [9.17, 15) is 18.0 Å². The van der Waals surface area contributed by atoms with Crippen LogP contribution in [0.15, 0.2) is 59.5 Å². The Labute approximate surface area is 153 Å². The van der Waals surface area contributed by atoms with Crippen LogP contribution in [-0.2, 0) is 14.8 Å². The molecular formula is C19H22N2O4S. The number of benzene rings is 2. The van der Waals surface area contributed by atoms with Crippen molar-refractivity contribution in [2.24, 2.45) is 0 Å². The summed E-state index contributed by atoms with van der Waals surface area (Å²) in [5.41, 5.74) is 1.55. The van der Waals surface area contributed by atoms with Crippen molar-refractivity contribution in [3.63, 3.8) is 0 Å². The fraction of sp³-hybridized carbons (Fsp3) is 0.263. The summed E-state index contributed by atoms with van der Waals surface area (Å²) < 4.78 is 26.6. The van der Waals surface area contributed by atoms with E-state index in [0.717, 1.165) is 5.56 Å². The first-order valence-electron chi connectivity index (χ1n) is 8.30. The van der Waals surface area contributed by atoms with Crippen molar-refractivity contribution in [3.05, 3.63) is 65.7 Å². The minimum atomic E-state index is -3.59. The number of amides is 1. The summed E-state index contributed by atoms with van der Waals surface area (Å²) in [4.78, 5) is 23.9. The standard InChI is InChI=1S/C19H22N2O4S/c1-15-7-9-17(10-8-15)26(24,25)21-14-13-20-19(23)12-11-18(22)16-5-3-2-4-6-16/h2-10,21H,11-14H2,1H3,(H,20,23). The van der Waals surface area contributed by atoms with Gasteiger partial charge in [0.05, 0.1) is 4.90 Å². The Morgan fingerprint density at radius 3 is 2.19 bits per heavy atom. The van der Waals surface area contributed by atoms with Gasteiger partial charge in [0.15, 0.2) is 5.78 Å². The fourth-order valence-corrected chi connectivity index (χ4v) is 3.30. The van der Waals surface area contributed by atoms with Crippen molar-refractivity contribution in [1.29, 1.82) is 0 Å². The average molecular weight is 374 g/mol. The van der Waals surface area contributed by atoms with Crippen LogP contribution in [0.4, 0.5) is 0 Å². The highest BCUT2D eigenvalue weighted by Gasteiger charge is 2.13. The molecule has 138 valence electrons. The van der Waals surface area contributed by atoms with Gasteiger partial charge in [-0.1, -0.05) is 48.0 Å². The van der Waals surface area contributed by atoms with Crippen molar-refractivity contribution in [1.82, 2.24) is 10.0 Å². The van der Waals surface area contributed by atoms with Crippen LogP contribution in [0.2, 0.25) is 0 Å². The SMILES string of the molecule is Cc1ccc(S(=O)(=O)NCCNC(=O)CCC(=O)c2ccccc2)cc1. The number of hydrogen-bond acceptors (Lipinski definition) is 4. The number of Topliss-reactive ketones (excluding diaryl/α,β-unsaturated/α-hetero) is 1.